The number of non-ortho nitro benzene ring substituents is 1. The van der Waals surface area contributed by atoms with Crippen molar-refractivity contribution in [2.45, 2.75) is 25.7 Å². The molecule has 0 radical (unpaired) electrons. The molecule has 1 fully saturated rings. The van der Waals surface area contributed by atoms with E-state index in [1.54, 1.807) is 24.3 Å². The average Bonchev–Trinajstić information content (AvgIpc) is 2.74. The Morgan fingerprint density at radius 2 is 1.70 bits per heavy atom. The molecule has 0 atom stereocenters. The Hall–Kier alpha value is -2.17. The van der Waals surface area contributed by atoms with Crippen molar-refractivity contribution in [3.8, 4) is 0 Å². The molecule has 0 unspecified atom stereocenters. The summed E-state index contributed by atoms with van der Waals surface area (Å²) in [7, 11) is 0. The zero-order valence-corrected chi connectivity index (χ0v) is 11.3. The Labute approximate surface area is 118 Å². The van der Waals surface area contributed by atoms with E-state index in [0.29, 0.717) is 0 Å². The van der Waals surface area contributed by atoms with Gasteiger partial charge in [0.15, 0.2) is 0 Å². The van der Waals surface area contributed by atoms with Crippen molar-refractivity contribution in [1.82, 2.24) is 4.90 Å². The highest BCUT2D eigenvalue weighted by Gasteiger charge is 2.12. The lowest BCUT2D eigenvalue weighted by Crippen LogP contribution is -2.30. The highest BCUT2D eigenvalue weighted by Crippen LogP contribution is 2.14. The molecule has 20 heavy (non-hydrogen) atoms. The summed E-state index contributed by atoms with van der Waals surface area (Å²) < 4.78 is 0. The van der Waals surface area contributed by atoms with E-state index in [1.807, 2.05) is 4.90 Å². The van der Waals surface area contributed by atoms with E-state index >= 15 is 0 Å². The van der Waals surface area contributed by atoms with Crippen molar-refractivity contribution >= 4 is 17.7 Å². The summed E-state index contributed by atoms with van der Waals surface area (Å²) in [6.45, 7) is 1.65. The van der Waals surface area contributed by atoms with Crippen molar-refractivity contribution in [1.29, 1.82) is 0 Å². The van der Waals surface area contributed by atoms with Gasteiger partial charge in [-0.2, -0.15) is 0 Å². The van der Waals surface area contributed by atoms with E-state index in [-0.39, 0.29) is 11.6 Å². The van der Waals surface area contributed by atoms with Crippen molar-refractivity contribution < 1.29 is 9.72 Å². The zero-order chi connectivity index (χ0) is 14.4. The number of hydrogen-bond donors (Lipinski definition) is 0. The third kappa shape index (κ3) is 3.91. The number of amides is 1. The molecule has 0 aromatic heterocycles. The number of carbonyl (C=O) groups excluding carboxylic acids is 1. The first-order chi connectivity index (χ1) is 9.66. The highest BCUT2D eigenvalue weighted by atomic mass is 16.6. The fraction of sp³-hybridized carbons (Fsp3) is 0.400. The van der Waals surface area contributed by atoms with Gasteiger partial charge in [-0.15, -0.1) is 0 Å². The second-order valence-electron chi connectivity index (χ2n) is 4.92. The summed E-state index contributed by atoms with van der Waals surface area (Å²) in [6, 6.07) is 6.17. The van der Waals surface area contributed by atoms with Crippen molar-refractivity contribution in [3.63, 3.8) is 0 Å². The van der Waals surface area contributed by atoms with Gasteiger partial charge in [-0.25, -0.2) is 0 Å². The van der Waals surface area contributed by atoms with Crippen LogP contribution in [0, 0.1) is 10.1 Å². The summed E-state index contributed by atoms with van der Waals surface area (Å²) in [5, 5.41) is 10.5. The minimum atomic E-state index is -0.435. The molecular weight excluding hydrogens is 256 g/mol. The van der Waals surface area contributed by atoms with Crippen LogP contribution in [-0.4, -0.2) is 28.8 Å². The number of benzene rings is 1. The van der Waals surface area contributed by atoms with Crippen LogP contribution in [0.3, 0.4) is 0 Å². The lowest BCUT2D eigenvalue weighted by atomic mass is 10.2. The van der Waals surface area contributed by atoms with E-state index in [4.69, 9.17) is 0 Å². The van der Waals surface area contributed by atoms with Crippen LogP contribution < -0.4 is 0 Å². The molecule has 5 heteroatoms. The third-order valence-electron chi connectivity index (χ3n) is 3.44. The summed E-state index contributed by atoms with van der Waals surface area (Å²) in [5.41, 5.74) is 0.847. The number of nitro benzene ring substituents is 1. The lowest BCUT2D eigenvalue weighted by Gasteiger charge is -2.17. The smallest absolute Gasteiger partial charge is 0.269 e. The molecule has 0 bridgehead atoms. The van der Waals surface area contributed by atoms with Gasteiger partial charge in [-0.3, -0.25) is 14.9 Å². The van der Waals surface area contributed by atoms with Gasteiger partial charge in [-0.1, -0.05) is 12.8 Å². The minimum Gasteiger partial charge on any atom is -0.339 e. The van der Waals surface area contributed by atoms with Gasteiger partial charge in [0.25, 0.3) is 5.69 Å². The maximum atomic E-state index is 12.0. The molecule has 1 aliphatic rings. The molecule has 2 rings (SSSR count). The predicted molar refractivity (Wildman–Crippen MR) is 77.2 cm³/mol. The number of nitro groups is 1. The standard InChI is InChI=1S/C15H18N2O3/c18-15(16-11-3-1-2-4-12-16)10-7-13-5-8-14(9-6-13)17(19)20/h5-10H,1-4,11-12H2. The number of nitrogens with zero attached hydrogens (tertiary/aromatic N) is 2. The topological polar surface area (TPSA) is 63.4 Å². The van der Waals surface area contributed by atoms with Crippen LogP contribution in [0.15, 0.2) is 30.3 Å². The first-order valence-electron chi connectivity index (χ1n) is 6.88. The average molecular weight is 274 g/mol. The normalized spacial score (nSPS) is 16.1. The maximum Gasteiger partial charge on any atom is 0.269 e. The molecule has 1 amide bonds. The molecule has 0 N–H and O–H groups in total. The van der Waals surface area contributed by atoms with Crippen LogP contribution in [-0.2, 0) is 4.79 Å². The number of carbonyl (C=O) groups is 1. The quantitative estimate of drug-likeness (QED) is 0.483. The number of rotatable bonds is 3. The second kappa shape index (κ2) is 6.84. The van der Waals surface area contributed by atoms with Gasteiger partial charge in [0, 0.05) is 31.3 Å². The van der Waals surface area contributed by atoms with Crippen LogP contribution >= 0.6 is 0 Å². The van der Waals surface area contributed by atoms with Crippen molar-refractivity contribution in [2.24, 2.45) is 0 Å². The maximum absolute atomic E-state index is 12.0. The predicted octanol–water partition coefficient (Wildman–Crippen LogP) is 3.01. The largest absolute Gasteiger partial charge is 0.339 e. The Morgan fingerprint density at radius 3 is 2.25 bits per heavy atom. The monoisotopic (exact) mass is 274 g/mol. The summed E-state index contributed by atoms with van der Waals surface area (Å²) >= 11 is 0. The first kappa shape index (κ1) is 14.2. The van der Waals surface area contributed by atoms with E-state index in [1.165, 1.54) is 25.0 Å². The molecule has 0 aliphatic carbocycles. The minimum absolute atomic E-state index is 0.0188. The van der Waals surface area contributed by atoms with Gasteiger partial charge in [0.2, 0.25) is 5.91 Å². The van der Waals surface area contributed by atoms with Gasteiger partial charge < -0.3 is 4.90 Å². The van der Waals surface area contributed by atoms with E-state index < -0.39 is 4.92 Å². The summed E-state index contributed by atoms with van der Waals surface area (Å²) in [6.07, 6.45) is 7.77. The first-order valence-corrected chi connectivity index (χ1v) is 6.88. The molecule has 0 saturated carbocycles. The molecular formula is C15H18N2O3. The summed E-state index contributed by atoms with van der Waals surface area (Å²) in [5.74, 6) is 0.0188. The molecule has 1 aliphatic heterocycles. The fourth-order valence-electron chi connectivity index (χ4n) is 2.27. The van der Waals surface area contributed by atoms with Gasteiger partial charge in [0.05, 0.1) is 4.92 Å². The fourth-order valence-corrected chi connectivity index (χ4v) is 2.27. The molecule has 1 saturated heterocycles. The molecule has 1 aromatic rings. The highest BCUT2D eigenvalue weighted by molar-refractivity contribution is 5.91. The Bertz CT molecular complexity index is 500. The van der Waals surface area contributed by atoms with Crippen LogP contribution in [0.1, 0.15) is 31.2 Å². The molecule has 1 aromatic carbocycles. The Morgan fingerprint density at radius 1 is 1.10 bits per heavy atom. The van der Waals surface area contributed by atoms with Crippen LogP contribution in [0.5, 0.6) is 0 Å². The molecule has 0 spiro atoms. The molecule has 106 valence electrons. The molecule has 1 heterocycles. The Kier molecular flexibility index (Phi) is 4.87. The van der Waals surface area contributed by atoms with Gasteiger partial charge in [0.1, 0.15) is 0 Å². The van der Waals surface area contributed by atoms with Crippen LogP contribution in [0.25, 0.3) is 6.08 Å². The third-order valence-corrected chi connectivity index (χ3v) is 3.44. The van der Waals surface area contributed by atoms with E-state index in [9.17, 15) is 14.9 Å². The van der Waals surface area contributed by atoms with E-state index in [2.05, 4.69) is 0 Å². The van der Waals surface area contributed by atoms with Crippen LogP contribution in [0.2, 0.25) is 0 Å². The van der Waals surface area contributed by atoms with Gasteiger partial charge in [-0.05, 0) is 36.6 Å². The van der Waals surface area contributed by atoms with E-state index in [0.717, 1.165) is 31.5 Å². The lowest BCUT2D eigenvalue weighted by molar-refractivity contribution is -0.384. The van der Waals surface area contributed by atoms with Gasteiger partial charge >= 0.3 is 0 Å². The number of likely N-dealkylation sites (tertiary alicyclic amines) is 1. The van der Waals surface area contributed by atoms with Crippen molar-refractivity contribution in [2.75, 3.05) is 13.1 Å². The summed E-state index contributed by atoms with van der Waals surface area (Å²) in [4.78, 5) is 24.0. The van der Waals surface area contributed by atoms with Crippen LogP contribution in [0.4, 0.5) is 5.69 Å². The van der Waals surface area contributed by atoms with Crippen molar-refractivity contribution in [3.05, 3.63) is 46.0 Å². The SMILES string of the molecule is O=C(C=Cc1ccc([N+](=O)[O-])cc1)N1CCCCCC1. The molecule has 5 nitrogen and oxygen atoms in total. The second-order valence-corrected chi connectivity index (χ2v) is 4.92. The zero-order valence-electron chi connectivity index (χ0n) is 11.3. The Balaban J connectivity index is 1.97. The number of hydrogen-bond acceptors (Lipinski definition) is 3.